The summed E-state index contributed by atoms with van der Waals surface area (Å²) in [5.41, 5.74) is 9.90. The van der Waals surface area contributed by atoms with Crippen molar-refractivity contribution in [2.75, 3.05) is 20.3 Å². The van der Waals surface area contributed by atoms with Crippen molar-refractivity contribution in [3.05, 3.63) is 88.2 Å². The van der Waals surface area contributed by atoms with Crippen LogP contribution in [0.15, 0.2) is 60.7 Å². The third-order valence-corrected chi connectivity index (χ3v) is 6.58. The summed E-state index contributed by atoms with van der Waals surface area (Å²) in [6.45, 7) is 0.994. The highest BCUT2D eigenvalue weighted by molar-refractivity contribution is 6.30. The van der Waals surface area contributed by atoms with Gasteiger partial charge in [0.05, 0.1) is 19.1 Å². The number of carbonyl (C=O) groups excluding carboxylic acids is 1. The molecule has 0 aliphatic carbocycles. The summed E-state index contributed by atoms with van der Waals surface area (Å²) in [5, 5.41) is 8.39. The van der Waals surface area contributed by atoms with E-state index in [1.54, 1.807) is 18.2 Å². The molecule has 0 unspecified atom stereocenters. The smallest absolute Gasteiger partial charge is 0.241 e. The number of ether oxygens (including phenoxy) is 2. The average Bonchev–Trinajstić information content (AvgIpc) is 2.86. The lowest BCUT2D eigenvalue weighted by molar-refractivity contribution is -0.127. The molecule has 2 aliphatic rings. The molecule has 3 aromatic rings. The van der Waals surface area contributed by atoms with Crippen LogP contribution in [0, 0.1) is 11.2 Å². The average molecular weight is 492 g/mol. The third-order valence-electron chi connectivity index (χ3n) is 6.35. The van der Waals surface area contributed by atoms with Crippen LogP contribution >= 0.6 is 11.6 Å². The molecule has 2 aliphatic heterocycles. The maximum atomic E-state index is 15.4. The minimum absolute atomic E-state index is 0.000262. The van der Waals surface area contributed by atoms with Gasteiger partial charge in [0.25, 0.3) is 0 Å². The maximum absolute atomic E-state index is 15.4. The molecule has 5 rings (SSSR count). The minimum atomic E-state index is -0.920. The van der Waals surface area contributed by atoms with Crippen LogP contribution in [0.5, 0.6) is 11.5 Å². The SMILES string of the molecule is CN(C(=N)N)C(=O)[C@@H]1c2cc(-c3cccc(Cl)c3)ccc2Oc2c(F)cc(C3=CCOCC3)cc21. The number of nitrogens with one attached hydrogen (secondary N) is 1. The Morgan fingerprint density at radius 1 is 1.11 bits per heavy atom. The Morgan fingerprint density at radius 3 is 2.60 bits per heavy atom. The lowest BCUT2D eigenvalue weighted by Gasteiger charge is -2.31. The predicted molar refractivity (Wildman–Crippen MR) is 133 cm³/mol. The lowest BCUT2D eigenvalue weighted by Crippen LogP contribution is -2.41. The van der Waals surface area contributed by atoms with Crippen LogP contribution in [0.3, 0.4) is 0 Å². The fourth-order valence-electron chi connectivity index (χ4n) is 4.48. The maximum Gasteiger partial charge on any atom is 0.241 e. The van der Waals surface area contributed by atoms with E-state index in [9.17, 15) is 4.79 Å². The van der Waals surface area contributed by atoms with Crippen LogP contribution in [0.4, 0.5) is 4.39 Å². The van der Waals surface area contributed by atoms with Crippen LogP contribution in [-0.4, -0.2) is 37.0 Å². The van der Waals surface area contributed by atoms with Gasteiger partial charge in [0.15, 0.2) is 17.5 Å². The minimum Gasteiger partial charge on any atom is -0.454 e. The molecule has 6 nitrogen and oxygen atoms in total. The molecule has 178 valence electrons. The number of halogens is 2. The van der Waals surface area contributed by atoms with Gasteiger partial charge in [-0.3, -0.25) is 15.1 Å². The van der Waals surface area contributed by atoms with Crippen molar-refractivity contribution in [2.24, 2.45) is 5.73 Å². The van der Waals surface area contributed by atoms with Crippen LogP contribution in [0.25, 0.3) is 16.7 Å². The third kappa shape index (κ3) is 4.29. The molecule has 0 saturated carbocycles. The molecule has 0 fully saturated rings. The zero-order chi connectivity index (χ0) is 24.7. The number of fused-ring (bicyclic) bond motifs is 2. The van der Waals surface area contributed by atoms with E-state index in [1.165, 1.54) is 13.1 Å². The molecule has 3 aromatic carbocycles. The Bertz CT molecular complexity index is 1390. The number of carbonyl (C=O) groups is 1. The number of amides is 1. The second-order valence-corrected chi connectivity index (χ2v) is 8.95. The van der Waals surface area contributed by atoms with E-state index in [2.05, 4.69) is 0 Å². The number of likely N-dealkylation sites (N-methyl/N-ethyl adjacent to an activating group) is 1. The van der Waals surface area contributed by atoms with E-state index in [1.807, 2.05) is 36.4 Å². The van der Waals surface area contributed by atoms with Crippen molar-refractivity contribution in [1.29, 1.82) is 5.41 Å². The Balaban J connectivity index is 1.69. The first-order valence-electron chi connectivity index (χ1n) is 11.1. The molecule has 0 aromatic heterocycles. The van der Waals surface area contributed by atoms with Gasteiger partial charge in [0, 0.05) is 23.2 Å². The second kappa shape index (κ2) is 9.17. The first kappa shape index (κ1) is 23.1. The summed E-state index contributed by atoms with van der Waals surface area (Å²) < 4.78 is 26.7. The first-order chi connectivity index (χ1) is 16.8. The van der Waals surface area contributed by atoms with Gasteiger partial charge in [-0.05, 0) is 65.1 Å². The molecule has 1 atom stereocenters. The van der Waals surface area contributed by atoms with Crippen molar-refractivity contribution in [1.82, 2.24) is 4.90 Å². The Morgan fingerprint density at radius 2 is 1.89 bits per heavy atom. The van der Waals surface area contributed by atoms with Gasteiger partial charge in [-0.15, -0.1) is 0 Å². The van der Waals surface area contributed by atoms with Crippen LogP contribution in [0.2, 0.25) is 5.02 Å². The zero-order valence-corrected chi connectivity index (χ0v) is 19.7. The molecule has 0 saturated heterocycles. The molecule has 0 radical (unpaired) electrons. The monoisotopic (exact) mass is 491 g/mol. The molecule has 8 heteroatoms. The Hall–Kier alpha value is -3.68. The van der Waals surface area contributed by atoms with E-state index in [-0.39, 0.29) is 5.75 Å². The highest BCUT2D eigenvalue weighted by atomic mass is 35.5. The van der Waals surface area contributed by atoms with Crippen molar-refractivity contribution < 1.29 is 18.7 Å². The molecule has 0 spiro atoms. The van der Waals surface area contributed by atoms with Crippen molar-refractivity contribution in [3.63, 3.8) is 0 Å². The summed E-state index contributed by atoms with van der Waals surface area (Å²) in [7, 11) is 1.43. The summed E-state index contributed by atoms with van der Waals surface area (Å²) in [6.07, 6.45) is 2.55. The molecule has 2 heterocycles. The van der Waals surface area contributed by atoms with E-state index >= 15 is 4.39 Å². The summed E-state index contributed by atoms with van der Waals surface area (Å²) in [4.78, 5) is 14.7. The lowest BCUT2D eigenvalue weighted by atomic mass is 9.83. The van der Waals surface area contributed by atoms with Crippen LogP contribution in [-0.2, 0) is 9.53 Å². The standard InChI is InChI=1S/C27H23ClFN3O3/c1-32(27(30)31)26(33)24-20-12-17(16-3-2-4-19(28)11-16)5-6-23(20)35-25-21(24)13-18(14-22(25)29)15-7-9-34-10-8-15/h2-7,11-14,24H,8-10H2,1H3,(H3,30,31)/t24-/m1/s1. The van der Waals surface area contributed by atoms with Gasteiger partial charge in [-0.25, -0.2) is 4.39 Å². The van der Waals surface area contributed by atoms with E-state index in [0.717, 1.165) is 21.6 Å². The number of nitrogens with two attached hydrogens (primary N) is 1. The normalized spacial score (nSPS) is 16.4. The van der Waals surface area contributed by atoms with Crippen molar-refractivity contribution >= 4 is 29.0 Å². The topological polar surface area (TPSA) is 88.6 Å². The second-order valence-electron chi connectivity index (χ2n) is 8.51. The molecular weight excluding hydrogens is 469 g/mol. The molecule has 0 bridgehead atoms. The number of guanidine groups is 1. The number of hydrogen-bond donors (Lipinski definition) is 2. The van der Waals surface area contributed by atoms with Crippen molar-refractivity contribution in [3.8, 4) is 22.6 Å². The fraction of sp³-hybridized carbons (Fsp3) is 0.185. The van der Waals surface area contributed by atoms with E-state index < -0.39 is 23.6 Å². The van der Waals surface area contributed by atoms with Gasteiger partial charge in [0.2, 0.25) is 5.91 Å². The summed E-state index contributed by atoms with van der Waals surface area (Å²) in [6, 6.07) is 16.0. The number of nitrogens with zero attached hydrogens (tertiary/aromatic N) is 1. The Labute approximate surface area is 207 Å². The molecule has 35 heavy (non-hydrogen) atoms. The van der Waals surface area contributed by atoms with E-state index in [0.29, 0.717) is 47.1 Å². The van der Waals surface area contributed by atoms with Gasteiger partial charge in [-0.2, -0.15) is 0 Å². The van der Waals surface area contributed by atoms with Gasteiger partial charge < -0.3 is 15.2 Å². The number of hydrogen-bond acceptors (Lipinski definition) is 4. The fourth-order valence-corrected chi connectivity index (χ4v) is 4.67. The van der Waals surface area contributed by atoms with Gasteiger partial charge in [-0.1, -0.05) is 35.9 Å². The molecule has 1 amide bonds. The summed E-state index contributed by atoms with van der Waals surface area (Å²) >= 11 is 6.19. The Kier molecular flexibility index (Phi) is 6.05. The first-order valence-corrected chi connectivity index (χ1v) is 11.5. The highest BCUT2D eigenvalue weighted by Gasteiger charge is 2.37. The van der Waals surface area contributed by atoms with E-state index in [4.69, 9.17) is 32.2 Å². The van der Waals surface area contributed by atoms with Crippen molar-refractivity contribution in [2.45, 2.75) is 12.3 Å². The van der Waals surface area contributed by atoms with Crippen LogP contribution in [0.1, 0.15) is 29.0 Å². The predicted octanol–water partition coefficient (Wildman–Crippen LogP) is 5.54. The molecular formula is C27H23ClFN3O3. The summed E-state index contributed by atoms with van der Waals surface area (Å²) in [5.74, 6) is -1.96. The van der Waals surface area contributed by atoms with Gasteiger partial charge >= 0.3 is 0 Å². The molecule has 3 N–H and O–H groups in total. The highest BCUT2D eigenvalue weighted by Crippen LogP contribution is 2.48. The quantitative estimate of drug-likeness (QED) is 0.372. The number of benzene rings is 3. The van der Waals surface area contributed by atoms with Gasteiger partial charge in [0.1, 0.15) is 5.75 Å². The van der Waals surface area contributed by atoms with Crippen LogP contribution < -0.4 is 10.5 Å². The largest absolute Gasteiger partial charge is 0.454 e. The zero-order valence-electron chi connectivity index (χ0n) is 19.0. The number of rotatable bonds is 3.